The predicted molar refractivity (Wildman–Crippen MR) is 97.5 cm³/mol. The van der Waals surface area contributed by atoms with Gasteiger partial charge in [-0.1, -0.05) is 33.6 Å². The number of hydrogen-bond donors (Lipinski definition) is 1. The molecule has 3 rings (SSSR count). The van der Waals surface area contributed by atoms with Gasteiger partial charge in [0.2, 0.25) is 5.91 Å². The van der Waals surface area contributed by atoms with E-state index in [1.165, 1.54) is 0 Å². The first-order chi connectivity index (χ1) is 11.6. The maximum atomic E-state index is 12.2. The number of ether oxygens (including phenoxy) is 1. The van der Waals surface area contributed by atoms with E-state index in [0.717, 1.165) is 26.7 Å². The van der Waals surface area contributed by atoms with Crippen molar-refractivity contribution in [3.8, 4) is 5.75 Å². The molecule has 0 aliphatic carbocycles. The normalized spacial score (nSPS) is 10.8. The van der Waals surface area contributed by atoms with Crippen molar-refractivity contribution in [2.45, 2.75) is 13.0 Å². The van der Waals surface area contributed by atoms with E-state index in [2.05, 4.69) is 21.2 Å². The Morgan fingerprint density at radius 1 is 1.25 bits per heavy atom. The van der Waals surface area contributed by atoms with Gasteiger partial charge in [-0.15, -0.1) is 0 Å². The van der Waals surface area contributed by atoms with Gasteiger partial charge in [0.15, 0.2) is 0 Å². The van der Waals surface area contributed by atoms with Crippen LogP contribution in [0.2, 0.25) is 5.02 Å². The molecule has 0 fully saturated rings. The van der Waals surface area contributed by atoms with Crippen molar-refractivity contribution in [2.75, 3.05) is 7.11 Å². The average molecular weight is 409 g/mol. The van der Waals surface area contributed by atoms with Gasteiger partial charge in [-0.2, -0.15) is 0 Å². The highest BCUT2D eigenvalue weighted by Crippen LogP contribution is 2.26. The molecule has 2 aromatic carbocycles. The third-order valence-electron chi connectivity index (χ3n) is 3.71. The summed E-state index contributed by atoms with van der Waals surface area (Å²) in [6, 6.07) is 11.1. The van der Waals surface area contributed by atoms with Crippen LogP contribution >= 0.6 is 27.5 Å². The Kier molecular flexibility index (Phi) is 5.11. The number of carbonyl (C=O) groups excluding carboxylic acids is 1. The van der Waals surface area contributed by atoms with E-state index in [0.29, 0.717) is 17.2 Å². The Bertz CT molecular complexity index is 891. The molecular weight excluding hydrogens is 394 g/mol. The molecule has 3 aromatic rings. The molecule has 0 atom stereocenters. The average Bonchev–Trinajstić information content (AvgIpc) is 2.96. The lowest BCUT2D eigenvalue weighted by atomic mass is 10.1. The number of furan rings is 1. The number of methoxy groups -OCH3 is 1. The fourth-order valence-corrected chi connectivity index (χ4v) is 3.16. The number of rotatable bonds is 5. The number of fused-ring (bicyclic) bond motifs is 1. The fraction of sp³-hybridized carbons (Fsp3) is 0.167. The molecule has 0 bridgehead atoms. The Morgan fingerprint density at radius 2 is 2.08 bits per heavy atom. The molecule has 0 aliphatic rings. The zero-order chi connectivity index (χ0) is 17.1. The van der Waals surface area contributed by atoms with E-state index in [1.54, 1.807) is 25.5 Å². The highest BCUT2D eigenvalue weighted by atomic mass is 79.9. The molecule has 0 saturated heterocycles. The van der Waals surface area contributed by atoms with Crippen LogP contribution in [-0.4, -0.2) is 13.0 Å². The summed E-state index contributed by atoms with van der Waals surface area (Å²) in [6.07, 6.45) is 1.85. The lowest BCUT2D eigenvalue weighted by Gasteiger charge is -2.07. The summed E-state index contributed by atoms with van der Waals surface area (Å²) in [6.45, 7) is 0.383. The molecule has 1 heterocycles. The molecule has 124 valence electrons. The van der Waals surface area contributed by atoms with Crippen molar-refractivity contribution in [3.05, 3.63) is 63.3 Å². The molecule has 0 unspecified atom stereocenters. The monoisotopic (exact) mass is 407 g/mol. The van der Waals surface area contributed by atoms with E-state index < -0.39 is 0 Å². The molecule has 0 aliphatic heterocycles. The van der Waals surface area contributed by atoms with E-state index in [4.69, 9.17) is 20.8 Å². The smallest absolute Gasteiger partial charge is 0.224 e. The van der Waals surface area contributed by atoms with Gasteiger partial charge < -0.3 is 14.5 Å². The summed E-state index contributed by atoms with van der Waals surface area (Å²) in [5.74, 6) is 0.630. The van der Waals surface area contributed by atoms with Crippen molar-refractivity contribution in [1.82, 2.24) is 5.32 Å². The van der Waals surface area contributed by atoms with E-state index >= 15 is 0 Å². The summed E-state index contributed by atoms with van der Waals surface area (Å²) in [5, 5.41) is 4.41. The third kappa shape index (κ3) is 3.74. The van der Waals surface area contributed by atoms with Gasteiger partial charge in [-0.3, -0.25) is 4.79 Å². The standard InChI is InChI=1S/C18H15BrClNO3/c1-23-14-4-5-15-12(10-24-17(15)8-14)6-18(22)21-9-11-2-3-13(19)7-16(11)20/h2-5,7-8,10H,6,9H2,1H3,(H,21,22). The van der Waals surface area contributed by atoms with Crippen LogP contribution in [0.25, 0.3) is 11.0 Å². The highest BCUT2D eigenvalue weighted by Gasteiger charge is 2.11. The topological polar surface area (TPSA) is 51.5 Å². The maximum Gasteiger partial charge on any atom is 0.224 e. The molecule has 4 nitrogen and oxygen atoms in total. The predicted octanol–water partition coefficient (Wildman–Crippen LogP) is 4.72. The van der Waals surface area contributed by atoms with Crippen LogP contribution in [0.1, 0.15) is 11.1 Å². The molecule has 24 heavy (non-hydrogen) atoms. The van der Waals surface area contributed by atoms with Crippen LogP contribution in [0, 0.1) is 0 Å². The Hall–Kier alpha value is -1.98. The second kappa shape index (κ2) is 7.28. The van der Waals surface area contributed by atoms with E-state index in [1.807, 2.05) is 24.3 Å². The first-order valence-electron chi connectivity index (χ1n) is 7.31. The zero-order valence-electron chi connectivity index (χ0n) is 12.9. The molecule has 0 spiro atoms. The summed E-state index contributed by atoms with van der Waals surface area (Å²) < 4.78 is 11.6. The minimum atomic E-state index is -0.0903. The van der Waals surface area contributed by atoms with Crippen LogP contribution in [-0.2, 0) is 17.8 Å². The second-order valence-electron chi connectivity index (χ2n) is 5.31. The van der Waals surface area contributed by atoms with Crippen molar-refractivity contribution in [2.24, 2.45) is 0 Å². The Labute approximate surface area is 152 Å². The number of halogens is 2. The lowest BCUT2D eigenvalue weighted by Crippen LogP contribution is -2.24. The van der Waals surface area contributed by atoms with Gasteiger partial charge in [0.25, 0.3) is 0 Å². The number of nitrogens with one attached hydrogen (secondary N) is 1. The van der Waals surface area contributed by atoms with Gasteiger partial charge >= 0.3 is 0 Å². The zero-order valence-corrected chi connectivity index (χ0v) is 15.3. The summed E-state index contributed by atoms with van der Waals surface area (Å²) in [5.41, 5.74) is 2.41. The molecule has 1 N–H and O–H groups in total. The van der Waals surface area contributed by atoms with Crippen molar-refractivity contribution >= 4 is 44.4 Å². The highest BCUT2D eigenvalue weighted by molar-refractivity contribution is 9.10. The third-order valence-corrected chi connectivity index (χ3v) is 4.55. The second-order valence-corrected chi connectivity index (χ2v) is 6.64. The number of carbonyl (C=O) groups is 1. The maximum absolute atomic E-state index is 12.2. The summed E-state index contributed by atoms with van der Waals surface area (Å²) in [7, 11) is 1.60. The van der Waals surface area contributed by atoms with Crippen molar-refractivity contribution < 1.29 is 13.9 Å². The molecule has 0 saturated carbocycles. The quantitative estimate of drug-likeness (QED) is 0.665. The SMILES string of the molecule is COc1ccc2c(CC(=O)NCc3ccc(Br)cc3Cl)coc2c1. The molecule has 1 amide bonds. The van der Waals surface area contributed by atoms with Crippen molar-refractivity contribution in [3.63, 3.8) is 0 Å². The summed E-state index contributed by atoms with van der Waals surface area (Å²) >= 11 is 9.51. The number of benzene rings is 2. The van der Waals surface area contributed by atoms with Gasteiger partial charge in [-0.25, -0.2) is 0 Å². The first-order valence-corrected chi connectivity index (χ1v) is 8.48. The Morgan fingerprint density at radius 3 is 2.83 bits per heavy atom. The van der Waals surface area contributed by atoms with Gasteiger partial charge in [-0.05, 0) is 29.8 Å². The van der Waals surface area contributed by atoms with Crippen LogP contribution in [0.3, 0.4) is 0 Å². The minimum Gasteiger partial charge on any atom is -0.497 e. The van der Waals surface area contributed by atoms with Gasteiger partial charge in [0.05, 0.1) is 19.8 Å². The largest absolute Gasteiger partial charge is 0.497 e. The summed E-state index contributed by atoms with van der Waals surface area (Å²) in [4.78, 5) is 12.2. The molecular formula is C18H15BrClNO3. The van der Waals surface area contributed by atoms with E-state index in [9.17, 15) is 4.79 Å². The van der Waals surface area contributed by atoms with Crippen LogP contribution < -0.4 is 10.1 Å². The van der Waals surface area contributed by atoms with Gasteiger partial charge in [0.1, 0.15) is 11.3 Å². The van der Waals surface area contributed by atoms with Crippen LogP contribution in [0.4, 0.5) is 0 Å². The number of hydrogen-bond acceptors (Lipinski definition) is 3. The molecule has 6 heteroatoms. The molecule has 1 aromatic heterocycles. The van der Waals surface area contributed by atoms with Gasteiger partial charge in [0, 0.05) is 33.1 Å². The Balaban J connectivity index is 1.66. The van der Waals surface area contributed by atoms with E-state index in [-0.39, 0.29) is 12.3 Å². The van der Waals surface area contributed by atoms with Crippen LogP contribution in [0.15, 0.2) is 51.6 Å². The minimum absolute atomic E-state index is 0.0903. The number of amides is 1. The first kappa shape index (κ1) is 16.9. The molecule has 0 radical (unpaired) electrons. The van der Waals surface area contributed by atoms with Crippen LogP contribution in [0.5, 0.6) is 5.75 Å². The van der Waals surface area contributed by atoms with Crippen molar-refractivity contribution in [1.29, 1.82) is 0 Å². The lowest BCUT2D eigenvalue weighted by molar-refractivity contribution is -0.120. The fourth-order valence-electron chi connectivity index (χ4n) is 2.42.